The van der Waals surface area contributed by atoms with E-state index in [2.05, 4.69) is 32.1 Å². The number of fused-ring (bicyclic) bond motifs is 2. The average Bonchev–Trinajstić information content (AvgIpc) is 3.02. The Morgan fingerprint density at radius 3 is 2.87 bits per heavy atom. The van der Waals surface area contributed by atoms with Crippen LogP contribution in [0.3, 0.4) is 0 Å². The van der Waals surface area contributed by atoms with Crippen molar-refractivity contribution >= 4 is 40.0 Å². The second-order valence-corrected chi connectivity index (χ2v) is 9.31. The number of thiophene rings is 1. The summed E-state index contributed by atoms with van der Waals surface area (Å²) in [6.07, 6.45) is -0.316. The largest absolute Gasteiger partial charge is 0.479 e. The van der Waals surface area contributed by atoms with Gasteiger partial charge in [-0.1, -0.05) is 11.6 Å². The first kappa shape index (κ1) is 20.2. The lowest BCUT2D eigenvalue weighted by atomic mass is 9.98. The smallest absolute Gasteiger partial charge is 0.246 e. The second-order valence-electron chi connectivity index (χ2n) is 7.59. The van der Waals surface area contributed by atoms with E-state index in [9.17, 15) is 15.0 Å². The minimum atomic E-state index is -1.17. The Bertz CT molecular complexity index is 1260. The van der Waals surface area contributed by atoms with E-state index in [4.69, 9.17) is 16.3 Å². The Kier molecular flexibility index (Phi) is 4.67. The van der Waals surface area contributed by atoms with Crippen molar-refractivity contribution in [1.29, 1.82) is 0 Å². The summed E-state index contributed by atoms with van der Waals surface area (Å²) in [6.45, 7) is 0. The number of carbonyl (C=O) groups excluding carboxylic acids is 1. The molecule has 0 spiro atoms. The Morgan fingerprint density at radius 1 is 1.39 bits per heavy atom. The number of rotatable bonds is 3. The molecular formula is C20H18ClN5O4S. The van der Waals surface area contributed by atoms with Crippen LogP contribution >= 0.6 is 22.9 Å². The highest BCUT2D eigenvalue weighted by Crippen LogP contribution is 2.67. The van der Waals surface area contributed by atoms with Crippen molar-refractivity contribution in [2.75, 3.05) is 14.2 Å². The molecule has 0 unspecified atom stereocenters. The Balaban J connectivity index is 1.58. The summed E-state index contributed by atoms with van der Waals surface area (Å²) in [4.78, 5) is 26.4. The number of amides is 1. The van der Waals surface area contributed by atoms with Crippen LogP contribution in [0.25, 0.3) is 11.2 Å². The van der Waals surface area contributed by atoms with Gasteiger partial charge in [0.25, 0.3) is 0 Å². The zero-order valence-electron chi connectivity index (χ0n) is 16.5. The third-order valence-electron chi connectivity index (χ3n) is 6.10. The minimum absolute atomic E-state index is 0.219. The summed E-state index contributed by atoms with van der Waals surface area (Å²) in [7, 11) is 3.00. The molecule has 5 rings (SSSR count). The molecule has 160 valence electrons. The van der Waals surface area contributed by atoms with E-state index >= 15 is 0 Å². The number of hydrogen-bond donors (Lipinski definition) is 3. The maximum Gasteiger partial charge on any atom is 0.246 e. The van der Waals surface area contributed by atoms with Gasteiger partial charge in [-0.2, -0.15) is 4.98 Å². The number of carbonyl (C=O) groups is 1. The van der Waals surface area contributed by atoms with Crippen LogP contribution in [0.15, 0.2) is 18.5 Å². The van der Waals surface area contributed by atoms with Crippen LogP contribution in [0.4, 0.5) is 0 Å². The van der Waals surface area contributed by atoms with Gasteiger partial charge < -0.3 is 24.8 Å². The normalized spacial score (nSPS) is 28.7. The predicted molar refractivity (Wildman–Crippen MR) is 113 cm³/mol. The first-order chi connectivity index (χ1) is 14.9. The number of hydrogen-bond acceptors (Lipinski definition) is 8. The average molecular weight is 460 g/mol. The van der Waals surface area contributed by atoms with Gasteiger partial charge in [0.1, 0.15) is 6.10 Å². The fourth-order valence-corrected chi connectivity index (χ4v) is 5.49. The van der Waals surface area contributed by atoms with Crippen molar-refractivity contribution in [2.45, 2.75) is 24.7 Å². The fraction of sp³-hybridized carbons (Fsp3) is 0.400. The van der Waals surface area contributed by atoms with Crippen LogP contribution in [-0.2, 0) is 4.79 Å². The van der Waals surface area contributed by atoms with Gasteiger partial charge in [-0.3, -0.25) is 4.79 Å². The molecular weight excluding hydrogens is 442 g/mol. The first-order valence-corrected chi connectivity index (χ1v) is 10.7. The van der Waals surface area contributed by atoms with Crippen LogP contribution in [0.2, 0.25) is 4.34 Å². The molecule has 3 N–H and O–H groups in total. The Hall–Kier alpha value is -2.71. The third-order valence-corrected chi connectivity index (χ3v) is 7.24. The Labute approximate surface area is 186 Å². The zero-order valence-corrected chi connectivity index (χ0v) is 18.1. The predicted octanol–water partition coefficient (Wildman–Crippen LogP) is 0.978. The molecule has 3 aromatic heterocycles. The maximum absolute atomic E-state index is 12.4. The second kappa shape index (κ2) is 7.17. The number of nitrogens with one attached hydrogen (secondary N) is 1. The molecule has 2 saturated carbocycles. The molecule has 3 aromatic rings. The van der Waals surface area contributed by atoms with Crippen LogP contribution in [0.1, 0.15) is 23.2 Å². The van der Waals surface area contributed by atoms with E-state index in [1.807, 2.05) is 6.07 Å². The van der Waals surface area contributed by atoms with Gasteiger partial charge in [0, 0.05) is 13.0 Å². The summed E-state index contributed by atoms with van der Waals surface area (Å²) in [5.74, 6) is 5.84. The van der Waals surface area contributed by atoms with Crippen molar-refractivity contribution in [3.8, 4) is 17.7 Å². The van der Waals surface area contributed by atoms with Crippen molar-refractivity contribution in [2.24, 2.45) is 11.3 Å². The molecule has 9 nitrogen and oxygen atoms in total. The lowest BCUT2D eigenvalue weighted by Gasteiger charge is -2.23. The summed E-state index contributed by atoms with van der Waals surface area (Å²) in [5.41, 5.74) is -0.170. The lowest BCUT2D eigenvalue weighted by Crippen LogP contribution is -2.41. The van der Waals surface area contributed by atoms with Crippen LogP contribution < -0.4 is 10.1 Å². The number of halogens is 1. The monoisotopic (exact) mass is 459 g/mol. The van der Waals surface area contributed by atoms with E-state index in [-0.39, 0.29) is 23.5 Å². The molecule has 0 saturated heterocycles. The van der Waals surface area contributed by atoms with Crippen molar-refractivity contribution in [3.63, 3.8) is 0 Å². The molecule has 0 bridgehead atoms. The molecule has 0 aromatic carbocycles. The highest BCUT2D eigenvalue weighted by molar-refractivity contribution is 7.16. The van der Waals surface area contributed by atoms with Crippen LogP contribution in [-0.4, -0.2) is 62.0 Å². The van der Waals surface area contributed by atoms with Gasteiger partial charge in [0.15, 0.2) is 11.2 Å². The van der Waals surface area contributed by atoms with Gasteiger partial charge in [-0.15, -0.1) is 11.3 Å². The van der Waals surface area contributed by atoms with Crippen LogP contribution in [0, 0.1) is 23.2 Å². The molecule has 0 aliphatic heterocycles. The van der Waals surface area contributed by atoms with Gasteiger partial charge in [-0.05, 0) is 30.4 Å². The lowest BCUT2D eigenvalue weighted by molar-refractivity contribution is -0.132. The fourth-order valence-electron chi connectivity index (χ4n) is 4.59. The number of aliphatic hydroxyl groups is 2. The summed E-state index contributed by atoms with van der Waals surface area (Å²) >= 11 is 7.29. The van der Waals surface area contributed by atoms with E-state index in [0.29, 0.717) is 21.9 Å². The standard InChI is InChI=1S/C20H18ClN5O4S/c1-22-19(29)20-7-10(20)14(15(27)16(20)28)26-8-23-13-17(26)24-12(25-18(13)30-2)6-4-9-3-5-11(21)31-9/h3,5,8,10,14-16,27-28H,7H2,1-2H3,(H,22,29)/t10-,14-,15+,16+,20+/m1/s1. The van der Waals surface area contributed by atoms with E-state index in [0.717, 1.165) is 4.88 Å². The number of methoxy groups -OCH3 is 1. The summed E-state index contributed by atoms with van der Waals surface area (Å²) in [6, 6.07) is 3.01. The minimum Gasteiger partial charge on any atom is -0.479 e. The molecule has 2 aliphatic carbocycles. The maximum atomic E-state index is 12.4. The quantitative estimate of drug-likeness (QED) is 0.499. The molecule has 5 atom stereocenters. The molecule has 3 heterocycles. The number of ether oxygens (including phenoxy) is 1. The first-order valence-electron chi connectivity index (χ1n) is 9.55. The SMILES string of the molecule is CNC(=O)[C@@]12C[C@@H]1[C@@H](n1cnc3c(OC)nc(C#Cc4ccc(Cl)s4)nc31)[C@H](O)[C@@H]2O. The molecule has 1 amide bonds. The summed E-state index contributed by atoms with van der Waals surface area (Å²) in [5, 5.41) is 24.0. The number of nitrogens with zero attached hydrogens (tertiary/aromatic N) is 4. The Morgan fingerprint density at radius 2 is 2.19 bits per heavy atom. The molecule has 11 heteroatoms. The van der Waals surface area contributed by atoms with E-state index in [1.165, 1.54) is 31.8 Å². The molecule has 2 fully saturated rings. The van der Waals surface area contributed by atoms with E-state index in [1.54, 1.807) is 10.6 Å². The highest BCUT2D eigenvalue weighted by Gasteiger charge is 2.75. The van der Waals surface area contributed by atoms with Crippen molar-refractivity contribution in [1.82, 2.24) is 24.8 Å². The van der Waals surface area contributed by atoms with Gasteiger partial charge in [-0.25, -0.2) is 9.97 Å². The van der Waals surface area contributed by atoms with Crippen LogP contribution in [0.5, 0.6) is 5.88 Å². The highest BCUT2D eigenvalue weighted by atomic mass is 35.5. The summed E-state index contributed by atoms with van der Waals surface area (Å²) < 4.78 is 7.69. The van der Waals surface area contributed by atoms with Gasteiger partial charge in [0.05, 0.1) is 40.2 Å². The molecule has 0 radical (unpaired) electrons. The number of aliphatic hydroxyl groups excluding tert-OH is 2. The van der Waals surface area contributed by atoms with Gasteiger partial charge in [0.2, 0.25) is 17.6 Å². The van der Waals surface area contributed by atoms with Crippen molar-refractivity contribution in [3.05, 3.63) is 33.5 Å². The topological polar surface area (TPSA) is 122 Å². The third kappa shape index (κ3) is 2.92. The number of imidazole rings is 1. The van der Waals surface area contributed by atoms with Gasteiger partial charge >= 0.3 is 0 Å². The number of aromatic nitrogens is 4. The van der Waals surface area contributed by atoms with E-state index < -0.39 is 23.7 Å². The molecule has 31 heavy (non-hydrogen) atoms. The van der Waals surface area contributed by atoms with Crippen molar-refractivity contribution < 1.29 is 19.7 Å². The zero-order chi connectivity index (χ0) is 21.9. The molecule has 2 aliphatic rings.